The number of anilines is 1. The number of para-hydroxylation sites is 1. The molecule has 0 fully saturated rings. The van der Waals surface area contributed by atoms with Gasteiger partial charge in [0.1, 0.15) is 0 Å². The van der Waals surface area contributed by atoms with Crippen molar-refractivity contribution in [3.05, 3.63) is 65.7 Å². The van der Waals surface area contributed by atoms with Gasteiger partial charge in [0, 0.05) is 12.2 Å². The van der Waals surface area contributed by atoms with Crippen LogP contribution in [0.5, 0.6) is 0 Å². The summed E-state index contributed by atoms with van der Waals surface area (Å²) in [7, 11) is -3.49. The van der Waals surface area contributed by atoms with E-state index in [-0.39, 0.29) is 19.0 Å². The molecule has 1 N–H and O–H groups in total. The zero-order chi connectivity index (χ0) is 17.6. The summed E-state index contributed by atoms with van der Waals surface area (Å²) in [5.41, 5.74) is 2.57. The highest BCUT2D eigenvalue weighted by molar-refractivity contribution is 7.88. The Kier molecular flexibility index (Phi) is 6.11. The predicted molar refractivity (Wildman–Crippen MR) is 96.1 cm³/mol. The first-order valence-electron chi connectivity index (χ1n) is 7.77. The summed E-state index contributed by atoms with van der Waals surface area (Å²) in [6.07, 6.45) is 1.90. The second kappa shape index (κ2) is 8.08. The number of amides is 1. The Balaban J connectivity index is 2.10. The normalized spacial score (nSPS) is 11.5. The summed E-state index contributed by atoms with van der Waals surface area (Å²) in [5, 5.41) is 2.80. The molecule has 1 amide bonds. The van der Waals surface area contributed by atoms with E-state index < -0.39 is 10.0 Å². The third-order valence-corrected chi connectivity index (χ3v) is 4.86. The van der Waals surface area contributed by atoms with Gasteiger partial charge < -0.3 is 5.32 Å². The van der Waals surface area contributed by atoms with E-state index in [1.807, 2.05) is 61.5 Å². The second-order valence-electron chi connectivity index (χ2n) is 5.58. The van der Waals surface area contributed by atoms with Crippen molar-refractivity contribution < 1.29 is 13.2 Å². The molecule has 6 heteroatoms. The topological polar surface area (TPSA) is 66.5 Å². The zero-order valence-electron chi connectivity index (χ0n) is 13.9. The van der Waals surface area contributed by atoms with Crippen molar-refractivity contribution in [2.24, 2.45) is 0 Å². The van der Waals surface area contributed by atoms with Gasteiger partial charge in [0.2, 0.25) is 15.9 Å². The molecule has 0 heterocycles. The van der Waals surface area contributed by atoms with Crippen molar-refractivity contribution in [2.45, 2.75) is 19.9 Å². The molecule has 0 saturated carbocycles. The van der Waals surface area contributed by atoms with Crippen LogP contribution < -0.4 is 5.32 Å². The average Bonchev–Trinajstić information content (AvgIpc) is 2.55. The maximum atomic E-state index is 12.3. The third-order valence-electron chi connectivity index (χ3n) is 3.66. The van der Waals surface area contributed by atoms with Crippen molar-refractivity contribution >= 4 is 21.6 Å². The number of sulfonamides is 1. The van der Waals surface area contributed by atoms with E-state index in [2.05, 4.69) is 5.32 Å². The molecule has 0 aromatic heterocycles. The van der Waals surface area contributed by atoms with Gasteiger partial charge in [-0.2, -0.15) is 4.31 Å². The smallest absolute Gasteiger partial charge is 0.239 e. The van der Waals surface area contributed by atoms with Gasteiger partial charge in [0.15, 0.2) is 0 Å². The van der Waals surface area contributed by atoms with Crippen molar-refractivity contribution in [1.29, 1.82) is 0 Å². The molecule has 0 spiro atoms. The first kappa shape index (κ1) is 18.2. The predicted octanol–water partition coefficient (Wildman–Crippen LogP) is 2.65. The number of nitrogens with zero attached hydrogens (tertiary/aromatic N) is 1. The van der Waals surface area contributed by atoms with Crippen LogP contribution in [0.4, 0.5) is 5.69 Å². The molecule has 2 aromatic carbocycles. The van der Waals surface area contributed by atoms with Crippen molar-refractivity contribution in [3.63, 3.8) is 0 Å². The average molecular weight is 346 g/mol. The molecule has 0 saturated heterocycles. The van der Waals surface area contributed by atoms with Gasteiger partial charge in [-0.1, -0.05) is 55.5 Å². The van der Waals surface area contributed by atoms with E-state index in [1.165, 1.54) is 4.31 Å². The molecule has 2 aromatic rings. The molecular formula is C18H22N2O3S. The van der Waals surface area contributed by atoms with E-state index in [9.17, 15) is 13.2 Å². The lowest BCUT2D eigenvalue weighted by atomic mass is 10.1. The van der Waals surface area contributed by atoms with Crippen molar-refractivity contribution in [2.75, 3.05) is 18.1 Å². The van der Waals surface area contributed by atoms with Crippen molar-refractivity contribution in [1.82, 2.24) is 4.31 Å². The summed E-state index contributed by atoms with van der Waals surface area (Å²) < 4.78 is 25.2. The summed E-state index contributed by atoms with van der Waals surface area (Å²) in [4.78, 5) is 12.3. The highest BCUT2D eigenvalue weighted by Crippen LogP contribution is 2.16. The Morgan fingerprint density at radius 3 is 2.29 bits per heavy atom. The molecule has 0 unspecified atom stereocenters. The lowest BCUT2D eigenvalue weighted by Crippen LogP contribution is -2.37. The monoisotopic (exact) mass is 346 g/mol. The molecule has 0 aliphatic carbocycles. The molecule has 0 aliphatic rings. The summed E-state index contributed by atoms with van der Waals surface area (Å²) >= 11 is 0. The molecule has 0 aliphatic heterocycles. The quantitative estimate of drug-likeness (QED) is 0.838. The molecule has 0 bridgehead atoms. The molecule has 128 valence electrons. The van der Waals surface area contributed by atoms with Gasteiger partial charge >= 0.3 is 0 Å². The molecule has 0 atom stereocenters. The molecule has 24 heavy (non-hydrogen) atoms. The first-order valence-corrected chi connectivity index (χ1v) is 9.61. The van der Waals surface area contributed by atoms with Gasteiger partial charge in [-0.25, -0.2) is 8.42 Å². The highest BCUT2D eigenvalue weighted by atomic mass is 32.2. The van der Waals surface area contributed by atoms with E-state index >= 15 is 0 Å². The van der Waals surface area contributed by atoms with Crippen LogP contribution in [-0.2, 0) is 27.8 Å². The van der Waals surface area contributed by atoms with Crippen LogP contribution in [0, 0.1) is 0 Å². The number of benzene rings is 2. The van der Waals surface area contributed by atoms with E-state index in [4.69, 9.17) is 0 Å². The minimum atomic E-state index is -3.49. The first-order chi connectivity index (χ1) is 11.4. The minimum Gasteiger partial charge on any atom is -0.325 e. The summed E-state index contributed by atoms with van der Waals surface area (Å²) in [5.74, 6) is -0.350. The van der Waals surface area contributed by atoms with E-state index in [1.54, 1.807) is 0 Å². The van der Waals surface area contributed by atoms with Crippen LogP contribution in [0.25, 0.3) is 0 Å². The fraction of sp³-hybridized carbons (Fsp3) is 0.278. The number of hydrogen-bond donors (Lipinski definition) is 1. The van der Waals surface area contributed by atoms with Crippen LogP contribution in [0.3, 0.4) is 0 Å². The van der Waals surface area contributed by atoms with Crippen LogP contribution in [0.15, 0.2) is 54.6 Å². The lowest BCUT2D eigenvalue weighted by molar-refractivity contribution is -0.116. The fourth-order valence-electron chi connectivity index (χ4n) is 2.38. The van der Waals surface area contributed by atoms with Gasteiger partial charge in [-0.15, -0.1) is 0 Å². The van der Waals surface area contributed by atoms with Crippen LogP contribution >= 0.6 is 0 Å². The maximum Gasteiger partial charge on any atom is 0.239 e. The summed E-state index contributed by atoms with van der Waals surface area (Å²) in [6, 6.07) is 16.7. The van der Waals surface area contributed by atoms with E-state index in [0.29, 0.717) is 0 Å². The van der Waals surface area contributed by atoms with Gasteiger partial charge in [0.05, 0.1) is 12.8 Å². The Morgan fingerprint density at radius 2 is 1.67 bits per heavy atom. The Bertz CT molecular complexity index is 789. The standard InChI is InChI=1S/C18H22N2O3S/c1-3-16-11-7-8-12-17(16)19-18(21)14-20(24(2,22)23)13-15-9-5-4-6-10-15/h4-12H,3,13-14H2,1-2H3,(H,19,21). The largest absolute Gasteiger partial charge is 0.325 e. The summed E-state index contributed by atoms with van der Waals surface area (Å²) in [6.45, 7) is 1.96. The Labute approximate surface area is 143 Å². The van der Waals surface area contributed by atoms with Crippen molar-refractivity contribution in [3.8, 4) is 0 Å². The molecular weight excluding hydrogens is 324 g/mol. The number of carbonyl (C=O) groups excluding carboxylic acids is 1. The minimum absolute atomic E-state index is 0.169. The van der Waals surface area contributed by atoms with Crippen LogP contribution in [0.2, 0.25) is 0 Å². The zero-order valence-corrected chi connectivity index (χ0v) is 14.7. The third kappa shape index (κ3) is 5.18. The van der Waals surface area contributed by atoms with Gasteiger partial charge in [-0.3, -0.25) is 4.79 Å². The highest BCUT2D eigenvalue weighted by Gasteiger charge is 2.20. The molecule has 5 nitrogen and oxygen atoms in total. The molecule has 2 rings (SSSR count). The van der Waals surface area contributed by atoms with Crippen LogP contribution in [-0.4, -0.2) is 31.4 Å². The molecule has 0 radical (unpaired) electrons. The van der Waals surface area contributed by atoms with Crippen LogP contribution in [0.1, 0.15) is 18.1 Å². The number of rotatable bonds is 7. The Hall–Kier alpha value is -2.18. The SMILES string of the molecule is CCc1ccccc1NC(=O)CN(Cc1ccccc1)S(C)(=O)=O. The lowest BCUT2D eigenvalue weighted by Gasteiger charge is -2.20. The van der Waals surface area contributed by atoms with Gasteiger partial charge in [0.25, 0.3) is 0 Å². The second-order valence-corrected chi connectivity index (χ2v) is 7.56. The number of nitrogens with one attached hydrogen (secondary N) is 1. The maximum absolute atomic E-state index is 12.3. The van der Waals surface area contributed by atoms with Gasteiger partial charge in [-0.05, 0) is 23.6 Å². The number of hydrogen-bond acceptors (Lipinski definition) is 3. The Morgan fingerprint density at radius 1 is 1.04 bits per heavy atom. The fourth-order valence-corrected chi connectivity index (χ4v) is 3.11. The number of carbonyl (C=O) groups is 1. The van der Waals surface area contributed by atoms with E-state index in [0.717, 1.165) is 29.5 Å². The number of aryl methyl sites for hydroxylation is 1.